The van der Waals surface area contributed by atoms with Gasteiger partial charge >= 0.3 is 0 Å². The van der Waals surface area contributed by atoms with Gasteiger partial charge in [0.05, 0.1) is 0 Å². The van der Waals surface area contributed by atoms with Crippen LogP contribution in [0, 0.1) is 11.8 Å². The van der Waals surface area contributed by atoms with Crippen molar-refractivity contribution in [1.29, 1.82) is 0 Å². The molecule has 1 aliphatic heterocycles. The standard InChI is InChI=1S/C20H26N2O2/c1-13(2)17-18(23)21-10-11-22(17)19(24)16-12-20(16)9-5-7-14-6-3-4-8-15(14)20/h3-4,6,8,13,16-17H,5,7,9-12H2,1-2H3,(H,21,23). The Hall–Kier alpha value is -1.84. The molecular formula is C20H26N2O2. The van der Waals surface area contributed by atoms with Crippen LogP contribution in [0.2, 0.25) is 0 Å². The zero-order valence-electron chi connectivity index (χ0n) is 14.5. The molecule has 2 aliphatic carbocycles. The Morgan fingerprint density at radius 2 is 2.12 bits per heavy atom. The Balaban J connectivity index is 1.60. The first-order valence-corrected chi connectivity index (χ1v) is 9.21. The zero-order valence-corrected chi connectivity index (χ0v) is 14.5. The summed E-state index contributed by atoms with van der Waals surface area (Å²) in [6.07, 6.45) is 4.34. The highest BCUT2D eigenvalue weighted by atomic mass is 16.2. The fourth-order valence-corrected chi connectivity index (χ4v) is 4.95. The van der Waals surface area contributed by atoms with E-state index >= 15 is 0 Å². The van der Waals surface area contributed by atoms with Gasteiger partial charge in [-0.05, 0) is 42.7 Å². The highest BCUT2D eigenvalue weighted by Crippen LogP contribution is 2.61. The first-order chi connectivity index (χ1) is 11.5. The molecule has 3 unspecified atom stereocenters. The maximum absolute atomic E-state index is 13.2. The third kappa shape index (κ3) is 2.27. The van der Waals surface area contributed by atoms with Crippen molar-refractivity contribution >= 4 is 11.8 Å². The molecule has 1 heterocycles. The number of benzene rings is 1. The molecule has 3 atom stereocenters. The lowest BCUT2D eigenvalue weighted by Gasteiger charge is -2.38. The number of fused-ring (bicyclic) bond motifs is 2. The average molecular weight is 326 g/mol. The van der Waals surface area contributed by atoms with Gasteiger partial charge in [0.2, 0.25) is 11.8 Å². The summed E-state index contributed by atoms with van der Waals surface area (Å²) < 4.78 is 0. The molecule has 24 heavy (non-hydrogen) atoms. The summed E-state index contributed by atoms with van der Waals surface area (Å²) >= 11 is 0. The number of nitrogens with one attached hydrogen (secondary N) is 1. The lowest BCUT2D eigenvalue weighted by molar-refractivity contribution is -0.146. The van der Waals surface area contributed by atoms with Gasteiger partial charge in [-0.1, -0.05) is 38.1 Å². The Kier molecular flexibility index (Phi) is 3.66. The minimum absolute atomic E-state index is 0.00310. The van der Waals surface area contributed by atoms with Crippen molar-refractivity contribution in [2.75, 3.05) is 13.1 Å². The van der Waals surface area contributed by atoms with Crippen molar-refractivity contribution in [3.63, 3.8) is 0 Å². The second-order valence-corrected chi connectivity index (χ2v) is 7.94. The van der Waals surface area contributed by atoms with Gasteiger partial charge < -0.3 is 10.2 Å². The molecule has 1 spiro atoms. The molecule has 1 saturated carbocycles. The summed E-state index contributed by atoms with van der Waals surface area (Å²) in [5.74, 6) is 0.400. The summed E-state index contributed by atoms with van der Waals surface area (Å²) in [5, 5.41) is 2.91. The second kappa shape index (κ2) is 5.61. The molecule has 0 aromatic heterocycles. The molecule has 4 rings (SSSR count). The van der Waals surface area contributed by atoms with E-state index in [-0.39, 0.29) is 35.1 Å². The van der Waals surface area contributed by atoms with E-state index in [4.69, 9.17) is 0 Å². The monoisotopic (exact) mass is 326 g/mol. The predicted octanol–water partition coefficient (Wildman–Crippen LogP) is 2.26. The first-order valence-electron chi connectivity index (χ1n) is 9.21. The minimum atomic E-state index is -0.317. The molecule has 2 fully saturated rings. The number of nitrogens with zero attached hydrogens (tertiary/aromatic N) is 1. The number of aryl methyl sites for hydroxylation is 1. The van der Waals surface area contributed by atoms with Crippen molar-refractivity contribution in [2.45, 2.75) is 51.0 Å². The molecule has 1 N–H and O–H groups in total. The van der Waals surface area contributed by atoms with Crippen molar-refractivity contribution < 1.29 is 9.59 Å². The third-order valence-electron chi connectivity index (χ3n) is 6.17. The Labute approximate surface area is 143 Å². The summed E-state index contributed by atoms with van der Waals surface area (Å²) in [4.78, 5) is 27.4. The summed E-state index contributed by atoms with van der Waals surface area (Å²) in [5.41, 5.74) is 2.84. The number of rotatable bonds is 2. The van der Waals surface area contributed by atoms with Gasteiger partial charge in [-0.2, -0.15) is 0 Å². The number of amides is 2. The quantitative estimate of drug-likeness (QED) is 0.906. The van der Waals surface area contributed by atoms with E-state index in [1.165, 1.54) is 11.1 Å². The average Bonchev–Trinajstić information content (AvgIpc) is 3.29. The van der Waals surface area contributed by atoms with Crippen LogP contribution in [0.3, 0.4) is 0 Å². The van der Waals surface area contributed by atoms with Gasteiger partial charge in [0.1, 0.15) is 6.04 Å². The highest BCUT2D eigenvalue weighted by Gasteiger charge is 2.61. The fraction of sp³-hybridized carbons (Fsp3) is 0.600. The van der Waals surface area contributed by atoms with Crippen molar-refractivity contribution in [3.8, 4) is 0 Å². The van der Waals surface area contributed by atoms with E-state index in [9.17, 15) is 9.59 Å². The van der Waals surface area contributed by atoms with Gasteiger partial charge in [0.25, 0.3) is 0 Å². The normalized spacial score (nSPS) is 31.8. The number of hydrogen-bond donors (Lipinski definition) is 1. The number of piperazine rings is 1. The van der Waals surface area contributed by atoms with Crippen LogP contribution in [0.4, 0.5) is 0 Å². The molecule has 1 saturated heterocycles. The summed E-state index contributed by atoms with van der Waals surface area (Å²) in [6, 6.07) is 8.30. The summed E-state index contributed by atoms with van der Waals surface area (Å²) in [6.45, 7) is 5.26. The van der Waals surface area contributed by atoms with E-state index < -0.39 is 0 Å². The molecule has 1 aromatic rings. The van der Waals surface area contributed by atoms with Crippen LogP contribution in [0.5, 0.6) is 0 Å². The van der Waals surface area contributed by atoms with E-state index in [0.29, 0.717) is 13.1 Å². The topological polar surface area (TPSA) is 49.4 Å². The molecule has 0 bridgehead atoms. The number of carbonyl (C=O) groups is 2. The minimum Gasteiger partial charge on any atom is -0.353 e. The molecular weight excluding hydrogens is 300 g/mol. The van der Waals surface area contributed by atoms with Crippen LogP contribution in [0.1, 0.15) is 44.2 Å². The number of carbonyl (C=O) groups excluding carboxylic acids is 2. The van der Waals surface area contributed by atoms with E-state index in [2.05, 4.69) is 29.6 Å². The SMILES string of the molecule is CC(C)C1C(=O)NCCN1C(=O)C1CC12CCCc1ccccc12. The maximum Gasteiger partial charge on any atom is 0.243 e. The summed E-state index contributed by atoms with van der Waals surface area (Å²) in [7, 11) is 0. The van der Waals surface area contributed by atoms with Crippen LogP contribution in [0.25, 0.3) is 0 Å². The van der Waals surface area contributed by atoms with E-state index in [1.807, 2.05) is 18.7 Å². The van der Waals surface area contributed by atoms with Crippen molar-refractivity contribution in [1.82, 2.24) is 10.2 Å². The predicted molar refractivity (Wildman–Crippen MR) is 92.5 cm³/mol. The van der Waals surface area contributed by atoms with Crippen LogP contribution in [-0.2, 0) is 21.4 Å². The molecule has 128 valence electrons. The van der Waals surface area contributed by atoms with E-state index in [0.717, 1.165) is 25.7 Å². The molecule has 2 amide bonds. The van der Waals surface area contributed by atoms with Crippen LogP contribution < -0.4 is 5.32 Å². The smallest absolute Gasteiger partial charge is 0.243 e. The number of hydrogen-bond acceptors (Lipinski definition) is 2. The van der Waals surface area contributed by atoms with Crippen LogP contribution in [0.15, 0.2) is 24.3 Å². The first kappa shape index (κ1) is 15.7. The van der Waals surface area contributed by atoms with Gasteiger partial charge in [0, 0.05) is 24.4 Å². The van der Waals surface area contributed by atoms with Crippen LogP contribution in [-0.4, -0.2) is 35.8 Å². The largest absolute Gasteiger partial charge is 0.353 e. The van der Waals surface area contributed by atoms with Gasteiger partial charge in [-0.15, -0.1) is 0 Å². The molecule has 4 heteroatoms. The molecule has 1 aromatic carbocycles. The van der Waals surface area contributed by atoms with E-state index in [1.54, 1.807) is 0 Å². The van der Waals surface area contributed by atoms with Crippen LogP contribution >= 0.6 is 0 Å². The molecule has 3 aliphatic rings. The zero-order chi connectivity index (χ0) is 16.9. The van der Waals surface area contributed by atoms with Gasteiger partial charge in [-0.3, -0.25) is 9.59 Å². The lowest BCUT2D eigenvalue weighted by Crippen LogP contribution is -2.59. The lowest BCUT2D eigenvalue weighted by atomic mass is 9.78. The molecule has 4 nitrogen and oxygen atoms in total. The highest BCUT2D eigenvalue weighted by molar-refractivity contribution is 5.92. The Bertz CT molecular complexity index is 684. The fourth-order valence-electron chi connectivity index (χ4n) is 4.95. The molecule has 0 radical (unpaired) electrons. The maximum atomic E-state index is 13.2. The third-order valence-corrected chi connectivity index (χ3v) is 6.17. The van der Waals surface area contributed by atoms with Gasteiger partial charge in [-0.25, -0.2) is 0 Å². The van der Waals surface area contributed by atoms with Crippen molar-refractivity contribution in [3.05, 3.63) is 35.4 Å². The Morgan fingerprint density at radius 3 is 2.92 bits per heavy atom. The van der Waals surface area contributed by atoms with Gasteiger partial charge in [0.15, 0.2) is 0 Å². The second-order valence-electron chi connectivity index (χ2n) is 7.94. The van der Waals surface area contributed by atoms with Crippen molar-refractivity contribution in [2.24, 2.45) is 11.8 Å². The Morgan fingerprint density at radius 1 is 1.33 bits per heavy atom.